The molecule has 0 radical (unpaired) electrons. The molecule has 9 atom stereocenters. The lowest BCUT2D eigenvalue weighted by Gasteiger charge is -2.44. The van der Waals surface area contributed by atoms with E-state index in [9.17, 15) is 30.0 Å². The van der Waals surface area contributed by atoms with E-state index in [2.05, 4.69) is 12.2 Å². The number of amides is 1. The fourth-order valence-electron chi connectivity index (χ4n) is 5.13. The van der Waals surface area contributed by atoms with E-state index in [-0.39, 0.29) is 29.9 Å². The van der Waals surface area contributed by atoms with Gasteiger partial charge in [-0.15, -0.1) is 11.8 Å². The van der Waals surface area contributed by atoms with E-state index in [0.717, 1.165) is 31.1 Å². The number of likely N-dealkylation sites (N-methyl/N-ethyl adjacent to an activating group) is 1. The molecule has 0 aliphatic carbocycles. The molecule has 38 heavy (non-hydrogen) atoms. The highest BCUT2D eigenvalue weighted by atomic mass is 32.2. The predicted octanol–water partition coefficient (Wildman–Crippen LogP) is -0.0476. The molecule has 0 aromatic heterocycles. The maximum Gasteiger partial charge on any atom is 0.340 e. The quantitative estimate of drug-likeness (QED) is 0.123. The molecular weight excluding hydrogens is 514 g/mol. The zero-order valence-electron chi connectivity index (χ0n) is 22.1. The molecule has 12 heteroatoms. The zero-order chi connectivity index (χ0) is 28.0. The SMILES string of the molecule is CCC[C@@H]1C[C@@H](C(=O)N[C@@H]([C@H]2O[C@H](SCCOC(=O)c3ccccc3N)[C@H](O)[C@@H](O)[C@H]2O)[C@@H](C)O)N(C)C1. The first-order valence-electron chi connectivity index (χ1n) is 13.1. The zero-order valence-corrected chi connectivity index (χ0v) is 22.9. The molecule has 1 aromatic rings. The Bertz CT molecular complexity index is 938. The highest BCUT2D eigenvalue weighted by molar-refractivity contribution is 7.99. The third kappa shape index (κ3) is 7.38. The number of rotatable bonds is 11. The van der Waals surface area contributed by atoms with E-state index >= 15 is 0 Å². The second kappa shape index (κ2) is 13.9. The summed E-state index contributed by atoms with van der Waals surface area (Å²) < 4.78 is 11.2. The molecule has 2 aliphatic rings. The standard InChI is InChI=1S/C26H41N3O8S/c1-4-7-15-12-18(29(3)13-15)24(34)28-19(14(2)30)23-21(32)20(31)22(33)26(37-23)38-11-10-36-25(35)16-8-5-6-9-17(16)27/h5-6,8-9,14-15,18-23,26,30-33H,4,7,10-13,27H2,1-3H3,(H,28,34)/t14-,15-,18+,19-,20+,21-,22-,23-,26-/m1/s1. The van der Waals surface area contributed by atoms with Gasteiger partial charge >= 0.3 is 5.97 Å². The van der Waals surface area contributed by atoms with Gasteiger partial charge in [-0.2, -0.15) is 0 Å². The summed E-state index contributed by atoms with van der Waals surface area (Å²) in [5.74, 6) is -0.248. The summed E-state index contributed by atoms with van der Waals surface area (Å²) in [7, 11) is 1.88. The van der Waals surface area contributed by atoms with Crippen molar-refractivity contribution < 1.29 is 39.5 Å². The normalized spacial score (nSPS) is 31.5. The van der Waals surface area contributed by atoms with Crippen LogP contribution in [0.25, 0.3) is 0 Å². The van der Waals surface area contributed by atoms with Gasteiger partial charge in [0.25, 0.3) is 0 Å². The minimum atomic E-state index is -1.57. The van der Waals surface area contributed by atoms with Crippen LogP contribution >= 0.6 is 11.8 Å². The van der Waals surface area contributed by atoms with Crippen LogP contribution in [0.3, 0.4) is 0 Å². The number of nitrogens with two attached hydrogens (primary N) is 1. The first-order valence-corrected chi connectivity index (χ1v) is 14.1. The van der Waals surface area contributed by atoms with Crippen LogP contribution in [0, 0.1) is 5.92 Å². The number of nitrogen functional groups attached to an aromatic ring is 1. The molecule has 11 nitrogen and oxygen atoms in total. The number of aliphatic hydroxyl groups is 4. The van der Waals surface area contributed by atoms with E-state index in [1.807, 2.05) is 11.9 Å². The van der Waals surface area contributed by atoms with Crippen LogP contribution in [0.2, 0.25) is 0 Å². The van der Waals surface area contributed by atoms with Gasteiger partial charge in [0.05, 0.1) is 23.8 Å². The highest BCUT2D eigenvalue weighted by Gasteiger charge is 2.48. The Labute approximate surface area is 227 Å². The number of ether oxygens (including phenoxy) is 2. The Morgan fingerprint density at radius 2 is 1.95 bits per heavy atom. The second-order valence-corrected chi connectivity index (χ2v) is 11.4. The lowest BCUT2D eigenvalue weighted by molar-refractivity contribution is -0.211. The van der Waals surface area contributed by atoms with Crippen molar-refractivity contribution in [2.24, 2.45) is 5.92 Å². The predicted molar refractivity (Wildman–Crippen MR) is 143 cm³/mol. The number of thioether (sulfide) groups is 1. The molecule has 2 aliphatic heterocycles. The molecular formula is C26H41N3O8S. The number of esters is 1. The fourth-order valence-corrected chi connectivity index (χ4v) is 6.11. The molecule has 1 amide bonds. The van der Waals surface area contributed by atoms with Crippen LogP contribution in [0.5, 0.6) is 0 Å². The average Bonchev–Trinajstić information content (AvgIpc) is 3.25. The van der Waals surface area contributed by atoms with E-state index < -0.39 is 48.0 Å². The molecule has 214 valence electrons. The lowest BCUT2D eigenvalue weighted by Crippen LogP contribution is -2.65. The van der Waals surface area contributed by atoms with E-state index in [0.29, 0.717) is 18.0 Å². The minimum Gasteiger partial charge on any atom is -0.461 e. The number of hydrogen-bond acceptors (Lipinski definition) is 11. The molecule has 2 saturated heterocycles. The summed E-state index contributed by atoms with van der Waals surface area (Å²) in [5.41, 5.74) is 5.34. The molecule has 0 saturated carbocycles. The van der Waals surface area contributed by atoms with Crippen LogP contribution in [-0.4, -0.2) is 111 Å². The number of aliphatic hydroxyl groups excluding tert-OH is 4. The Hall–Kier alpha value is -1.93. The van der Waals surface area contributed by atoms with Crippen molar-refractivity contribution in [1.82, 2.24) is 10.2 Å². The number of para-hydroxylation sites is 1. The molecule has 3 rings (SSSR count). The number of nitrogens with zero attached hydrogens (tertiary/aromatic N) is 1. The van der Waals surface area contributed by atoms with Gasteiger partial charge in [-0.05, 0) is 44.9 Å². The molecule has 0 bridgehead atoms. The highest BCUT2D eigenvalue weighted by Crippen LogP contribution is 2.31. The smallest absolute Gasteiger partial charge is 0.340 e. The number of carbonyl (C=O) groups excluding carboxylic acids is 2. The summed E-state index contributed by atoms with van der Waals surface area (Å²) in [6.45, 7) is 4.36. The second-order valence-electron chi connectivity index (χ2n) is 10.2. The largest absolute Gasteiger partial charge is 0.461 e. The Kier molecular flexibility index (Phi) is 11.2. The van der Waals surface area contributed by atoms with Crippen LogP contribution in [0.4, 0.5) is 5.69 Å². The summed E-state index contributed by atoms with van der Waals surface area (Å²) in [5, 5.41) is 45.0. The van der Waals surface area contributed by atoms with Crippen LogP contribution in [-0.2, 0) is 14.3 Å². The summed E-state index contributed by atoms with van der Waals surface area (Å²) in [6, 6.07) is 5.13. The number of benzene rings is 1. The number of likely N-dealkylation sites (tertiary alicyclic amines) is 1. The first-order chi connectivity index (χ1) is 18.0. The van der Waals surface area contributed by atoms with Gasteiger partial charge in [0, 0.05) is 18.0 Å². The number of hydrogen-bond donors (Lipinski definition) is 6. The minimum absolute atomic E-state index is 0.0166. The monoisotopic (exact) mass is 555 g/mol. The Morgan fingerprint density at radius 3 is 2.61 bits per heavy atom. The molecule has 2 fully saturated rings. The third-order valence-electron chi connectivity index (χ3n) is 7.20. The van der Waals surface area contributed by atoms with Gasteiger partial charge in [-0.3, -0.25) is 9.69 Å². The topological polar surface area (TPSA) is 175 Å². The molecule has 7 N–H and O–H groups in total. The van der Waals surface area contributed by atoms with Crippen molar-refractivity contribution in [2.75, 3.05) is 31.7 Å². The van der Waals surface area contributed by atoms with Gasteiger partial charge in [0.15, 0.2) is 0 Å². The summed E-state index contributed by atoms with van der Waals surface area (Å²) >= 11 is 1.08. The number of carbonyl (C=O) groups is 2. The number of nitrogens with one attached hydrogen (secondary N) is 1. The Morgan fingerprint density at radius 1 is 1.24 bits per heavy atom. The van der Waals surface area contributed by atoms with E-state index in [1.54, 1.807) is 24.3 Å². The fraction of sp³-hybridized carbons (Fsp3) is 0.692. The van der Waals surface area contributed by atoms with E-state index in [1.165, 1.54) is 6.92 Å². The van der Waals surface area contributed by atoms with Crippen LogP contribution < -0.4 is 11.1 Å². The van der Waals surface area contributed by atoms with Crippen LogP contribution in [0.15, 0.2) is 24.3 Å². The van der Waals surface area contributed by atoms with E-state index in [4.69, 9.17) is 15.2 Å². The molecule has 2 heterocycles. The average molecular weight is 556 g/mol. The van der Waals surface area contributed by atoms with Gasteiger partial charge < -0.3 is 41.0 Å². The van der Waals surface area contributed by atoms with Crippen molar-refractivity contribution in [3.63, 3.8) is 0 Å². The maximum absolute atomic E-state index is 13.1. The van der Waals surface area contributed by atoms with Gasteiger partial charge in [-0.25, -0.2) is 4.79 Å². The molecule has 0 unspecified atom stereocenters. The van der Waals surface area contributed by atoms with Gasteiger partial charge in [-0.1, -0.05) is 25.5 Å². The molecule has 1 aromatic carbocycles. The summed E-state index contributed by atoms with van der Waals surface area (Å²) in [4.78, 5) is 27.4. The first kappa shape index (κ1) is 30.6. The van der Waals surface area contributed by atoms with Crippen molar-refractivity contribution >= 4 is 29.3 Å². The van der Waals surface area contributed by atoms with Crippen LogP contribution in [0.1, 0.15) is 43.5 Å². The van der Waals surface area contributed by atoms with Gasteiger partial charge in [0.2, 0.25) is 5.91 Å². The van der Waals surface area contributed by atoms with Crippen molar-refractivity contribution in [3.8, 4) is 0 Å². The third-order valence-corrected chi connectivity index (χ3v) is 8.32. The molecule has 0 spiro atoms. The van der Waals surface area contributed by atoms with Crippen molar-refractivity contribution in [3.05, 3.63) is 29.8 Å². The van der Waals surface area contributed by atoms with Crippen molar-refractivity contribution in [2.45, 2.75) is 81.1 Å². The Balaban J connectivity index is 1.60. The van der Waals surface area contributed by atoms with Gasteiger partial charge in [0.1, 0.15) is 36.5 Å². The number of anilines is 1. The lowest BCUT2D eigenvalue weighted by atomic mass is 9.92. The van der Waals surface area contributed by atoms with Crippen molar-refractivity contribution in [1.29, 1.82) is 0 Å². The maximum atomic E-state index is 13.1. The summed E-state index contributed by atoms with van der Waals surface area (Å²) in [6.07, 6.45) is -4.09.